The van der Waals surface area contributed by atoms with Crippen LogP contribution in [0.3, 0.4) is 0 Å². The van der Waals surface area contributed by atoms with Crippen LogP contribution in [0.4, 0.5) is 0 Å². The fourth-order valence-corrected chi connectivity index (χ4v) is 1.81. The number of esters is 1. The van der Waals surface area contributed by atoms with Gasteiger partial charge in [0.2, 0.25) is 0 Å². The molecule has 1 amide bonds. The molecule has 0 bridgehead atoms. The fourth-order valence-electron chi connectivity index (χ4n) is 1.81. The summed E-state index contributed by atoms with van der Waals surface area (Å²) in [6.45, 7) is 0.539. The number of phenols is 1. The monoisotopic (exact) mass is 221 g/mol. The van der Waals surface area contributed by atoms with Crippen LogP contribution >= 0.6 is 0 Å². The highest BCUT2D eigenvalue weighted by atomic mass is 16.5. The van der Waals surface area contributed by atoms with Crippen molar-refractivity contribution in [2.45, 2.75) is 6.42 Å². The zero-order valence-electron chi connectivity index (χ0n) is 8.74. The minimum atomic E-state index is -0.702. The first-order valence-electron chi connectivity index (χ1n) is 4.86. The van der Waals surface area contributed by atoms with Gasteiger partial charge < -0.3 is 15.2 Å². The number of benzene rings is 1. The second-order valence-corrected chi connectivity index (χ2v) is 3.49. The zero-order chi connectivity index (χ0) is 11.7. The van der Waals surface area contributed by atoms with Gasteiger partial charge in [0.05, 0.1) is 12.7 Å². The maximum absolute atomic E-state index is 11.6. The van der Waals surface area contributed by atoms with Gasteiger partial charge in [-0.05, 0) is 18.1 Å². The topological polar surface area (TPSA) is 75.6 Å². The van der Waals surface area contributed by atoms with Crippen LogP contribution in [0.2, 0.25) is 0 Å². The van der Waals surface area contributed by atoms with Crippen LogP contribution in [0.1, 0.15) is 26.3 Å². The van der Waals surface area contributed by atoms with Gasteiger partial charge >= 0.3 is 5.97 Å². The Hall–Kier alpha value is -2.04. The van der Waals surface area contributed by atoms with E-state index in [1.165, 1.54) is 13.2 Å². The summed E-state index contributed by atoms with van der Waals surface area (Å²) < 4.78 is 4.55. The van der Waals surface area contributed by atoms with E-state index in [1.54, 1.807) is 6.07 Å². The number of carbonyl (C=O) groups is 2. The predicted octanol–water partition coefficient (Wildman–Crippen LogP) is 0.465. The van der Waals surface area contributed by atoms with Gasteiger partial charge in [-0.25, -0.2) is 4.79 Å². The van der Waals surface area contributed by atoms with Crippen molar-refractivity contribution in [1.82, 2.24) is 5.32 Å². The standard InChI is InChI=1S/C11H11NO4/c1-16-11(15)9-7(13)3-2-6-4-5-12-10(14)8(6)9/h2-3,13H,4-5H2,1H3,(H,12,14). The summed E-state index contributed by atoms with van der Waals surface area (Å²) in [5.41, 5.74) is 0.914. The van der Waals surface area contributed by atoms with E-state index in [9.17, 15) is 14.7 Å². The summed E-state index contributed by atoms with van der Waals surface area (Å²) in [6, 6.07) is 3.06. The molecule has 0 aromatic heterocycles. The van der Waals surface area contributed by atoms with Crippen LogP contribution in [0, 0.1) is 0 Å². The van der Waals surface area contributed by atoms with Crippen LogP contribution < -0.4 is 5.32 Å². The van der Waals surface area contributed by atoms with Crippen LogP contribution in [0.5, 0.6) is 5.75 Å². The van der Waals surface area contributed by atoms with Gasteiger partial charge in [-0.15, -0.1) is 0 Å². The van der Waals surface area contributed by atoms with E-state index >= 15 is 0 Å². The van der Waals surface area contributed by atoms with Crippen molar-refractivity contribution in [2.75, 3.05) is 13.7 Å². The van der Waals surface area contributed by atoms with E-state index in [0.717, 1.165) is 5.56 Å². The molecular formula is C11H11NO4. The number of rotatable bonds is 1. The largest absolute Gasteiger partial charge is 0.507 e. The summed E-state index contributed by atoms with van der Waals surface area (Å²) >= 11 is 0. The average Bonchev–Trinajstić information content (AvgIpc) is 2.29. The normalized spacial score (nSPS) is 13.9. The first-order valence-corrected chi connectivity index (χ1v) is 4.86. The third-order valence-electron chi connectivity index (χ3n) is 2.57. The number of ether oxygens (including phenoxy) is 1. The summed E-state index contributed by atoms with van der Waals surface area (Å²) in [7, 11) is 1.21. The summed E-state index contributed by atoms with van der Waals surface area (Å²) in [5, 5.41) is 12.2. The van der Waals surface area contributed by atoms with Crippen LogP contribution in [0.25, 0.3) is 0 Å². The number of methoxy groups -OCH3 is 1. The molecule has 2 N–H and O–H groups in total. The molecule has 1 heterocycles. The van der Waals surface area contributed by atoms with Gasteiger partial charge in [0, 0.05) is 6.54 Å². The van der Waals surface area contributed by atoms with Crippen molar-refractivity contribution in [1.29, 1.82) is 0 Å². The fraction of sp³-hybridized carbons (Fsp3) is 0.273. The Morgan fingerprint density at radius 3 is 2.94 bits per heavy atom. The maximum Gasteiger partial charge on any atom is 0.342 e. The molecule has 0 saturated carbocycles. The Morgan fingerprint density at radius 2 is 2.25 bits per heavy atom. The molecule has 0 spiro atoms. The molecule has 5 nitrogen and oxygen atoms in total. The highest BCUT2D eigenvalue weighted by Crippen LogP contribution is 2.27. The lowest BCUT2D eigenvalue weighted by molar-refractivity contribution is 0.0592. The first-order chi connectivity index (χ1) is 7.65. The summed E-state index contributed by atoms with van der Waals surface area (Å²) in [4.78, 5) is 23.1. The van der Waals surface area contributed by atoms with Gasteiger partial charge in [-0.2, -0.15) is 0 Å². The molecule has 0 aliphatic carbocycles. The third-order valence-corrected chi connectivity index (χ3v) is 2.57. The number of hydrogen-bond acceptors (Lipinski definition) is 4. The molecule has 0 unspecified atom stereocenters. The number of aromatic hydroxyl groups is 1. The Kier molecular flexibility index (Phi) is 2.52. The molecule has 0 saturated heterocycles. The number of hydrogen-bond donors (Lipinski definition) is 2. The molecule has 1 aromatic carbocycles. The Morgan fingerprint density at radius 1 is 1.50 bits per heavy atom. The zero-order valence-corrected chi connectivity index (χ0v) is 8.74. The minimum absolute atomic E-state index is 0.0581. The van der Waals surface area contributed by atoms with Crippen LogP contribution in [-0.2, 0) is 11.2 Å². The molecule has 5 heteroatoms. The van der Waals surface area contributed by atoms with Crippen LogP contribution in [0.15, 0.2) is 12.1 Å². The van der Waals surface area contributed by atoms with Gasteiger partial charge in [-0.3, -0.25) is 4.79 Å². The number of fused-ring (bicyclic) bond motifs is 1. The van der Waals surface area contributed by atoms with Gasteiger partial charge in [0.15, 0.2) is 0 Å². The quantitative estimate of drug-likeness (QED) is 0.676. The highest BCUT2D eigenvalue weighted by molar-refractivity contribution is 6.08. The molecule has 2 rings (SSSR count). The van der Waals surface area contributed by atoms with Crippen molar-refractivity contribution in [3.8, 4) is 5.75 Å². The van der Waals surface area contributed by atoms with Gasteiger partial charge in [-0.1, -0.05) is 6.07 Å². The van der Waals surface area contributed by atoms with Crippen molar-refractivity contribution in [3.05, 3.63) is 28.8 Å². The lowest BCUT2D eigenvalue weighted by atomic mass is 9.94. The summed E-state index contributed by atoms with van der Waals surface area (Å²) in [6.07, 6.45) is 0.644. The lowest BCUT2D eigenvalue weighted by Crippen LogP contribution is -2.33. The smallest absolute Gasteiger partial charge is 0.342 e. The molecule has 1 aliphatic heterocycles. The van der Waals surface area contributed by atoms with Crippen molar-refractivity contribution in [2.24, 2.45) is 0 Å². The van der Waals surface area contributed by atoms with Crippen LogP contribution in [-0.4, -0.2) is 30.6 Å². The summed E-state index contributed by atoms with van der Waals surface area (Å²) in [5.74, 6) is -1.29. The van der Waals surface area contributed by atoms with Crippen molar-refractivity contribution >= 4 is 11.9 Å². The highest BCUT2D eigenvalue weighted by Gasteiger charge is 2.27. The Labute approximate surface area is 92.0 Å². The lowest BCUT2D eigenvalue weighted by Gasteiger charge is -2.19. The minimum Gasteiger partial charge on any atom is -0.507 e. The van der Waals surface area contributed by atoms with E-state index in [-0.39, 0.29) is 22.8 Å². The third kappa shape index (κ3) is 1.50. The van der Waals surface area contributed by atoms with E-state index in [4.69, 9.17) is 0 Å². The van der Waals surface area contributed by atoms with E-state index in [2.05, 4.69) is 10.1 Å². The molecule has 16 heavy (non-hydrogen) atoms. The van der Waals surface area contributed by atoms with Gasteiger partial charge in [0.25, 0.3) is 5.91 Å². The molecule has 0 atom stereocenters. The van der Waals surface area contributed by atoms with E-state index < -0.39 is 5.97 Å². The Balaban J connectivity index is 2.66. The van der Waals surface area contributed by atoms with E-state index in [0.29, 0.717) is 13.0 Å². The molecule has 1 aromatic rings. The SMILES string of the molecule is COC(=O)c1c(O)ccc2c1C(=O)NCC2. The molecule has 84 valence electrons. The number of carbonyl (C=O) groups excluding carboxylic acids is 2. The van der Waals surface area contributed by atoms with Crippen molar-refractivity contribution in [3.63, 3.8) is 0 Å². The van der Waals surface area contributed by atoms with E-state index in [1.807, 2.05) is 0 Å². The molecule has 1 aliphatic rings. The average molecular weight is 221 g/mol. The number of phenolic OH excluding ortho intramolecular Hbond substituents is 1. The first kappa shape index (κ1) is 10.5. The maximum atomic E-state index is 11.6. The van der Waals surface area contributed by atoms with Gasteiger partial charge in [0.1, 0.15) is 11.3 Å². The second-order valence-electron chi connectivity index (χ2n) is 3.49. The second kappa shape index (κ2) is 3.84. The molecule has 0 fully saturated rings. The van der Waals surface area contributed by atoms with Crippen molar-refractivity contribution < 1.29 is 19.4 Å². The molecular weight excluding hydrogens is 210 g/mol. The molecule has 0 radical (unpaired) electrons. The Bertz CT molecular complexity index is 467. The number of amides is 1. The predicted molar refractivity (Wildman–Crippen MR) is 55.5 cm³/mol. The number of nitrogens with one attached hydrogen (secondary N) is 1.